The van der Waals surface area contributed by atoms with Crippen LogP contribution in [0.2, 0.25) is 0 Å². The Bertz CT molecular complexity index is 577. The number of carbonyl (C=O) groups excluding carboxylic acids is 1. The van der Waals surface area contributed by atoms with Gasteiger partial charge in [0.2, 0.25) is 0 Å². The van der Waals surface area contributed by atoms with Gasteiger partial charge in [0, 0.05) is 17.7 Å². The molecule has 8 heteroatoms. The second-order valence-electron chi connectivity index (χ2n) is 5.85. The number of aromatic nitrogens is 2. The molecule has 1 atom stereocenters. The van der Waals surface area contributed by atoms with Crippen LogP contribution in [0.5, 0.6) is 5.88 Å². The fourth-order valence-electron chi connectivity index (χ4n) is 2.62. The third-order valence-electron chi connectivity index (χ3n) is 3.93. The molecule has 1 aliphatic heterocycles. The number of unbranched alkanes of at least 4 members (excludes halogenated alkanes) is 3. The highest BCUT2D eigenvalue weighted by atomic mass is 32.2. The van der Waals surface area contributed by atoms with Crippen LogP contribution >= 0.6 is 23.5 Å². The normalized spacial score (nSPS) is 20.7. The average molecular weight is 373 g/mol. The van der Waals surface area contributed by atoms with Crippen molar-refractivity contribution >= 4 is 34.3 Å². The lowest BCUT2D eigenvalue weighted by Gasteiger charge is -2.30. The summed E-state index contributed by atoms with van der Waals surface area (Å²) < 4.78 is 13.7. The molecule has 0 aromatic carbocycles. The molecule has 1 aromatic rings. The summed E-state index contributed by atoms with van der Waals surface area (Å²) in [6.07, 6.45) is 7.20. The van der Waals surface area contributed by atoms with Crippen molar-refractivity contribution in [2.24, 2.45) is 0 Å². The zero-order valence-electron chi connectivity index (χ0n) is 14.4. The Kier molecular flexibility index (Phi) is 7.67. The highest BCUT2D eigenvalue weighted by Crippen LogP contribution is 2.31. The third-order valence-corrected chi connectivity index (χ3v) is 5.32. The second-order valence-corrected chi connectivity index (χ2v) is 7.59. The van der Waals surface area contributed by atoms with Gasteiger partial charge >= 0.3 is 5.24 Å². The fourth-order valence-corrected chi connectivity index (χ4v) is 3.79. The van der Waals surface area contributed by atoms with Crippen LogP contribution in [0.25, 0.3) is 5.57 Å². The van der Waals surface area contributed by atoms with E-state index in [1.54, 1.807) is 0 Å². The number of nitrogens with zero attached hydrogens (tertiary/aromatic N) is 3. The number of hydrogen-bond acceptors (Lipinski definition) is 7. The summed E-state index contributed by atoms with van der Waals surface area (Å²) in [5, 5.41) is 10.4. The molecule has 134 valence electrons. The van der Waals surface area contributed by atoms with Crippen molar-refractivity contribution in [3.63, 3.8) is 0 Å². The molecule has 0 bridgehead atoms. The predicted octanol–water partition coefficient (Wildman–Crippen LogP) is 4.36. The van der Waals surface area contributed by atoms with Crippen molar-refractivity contribution in [1.82, 2.24) is 8.75 Å². The number of quaternary nitrogens is 1. The topological polar surface area (TPSA) is 72.3 Å². The van der Waals surface area contributed by atoms with E-state index in [0.717, 1.165) is 41.9 Å². The van der Waals surface area contributed by atoms with Crippen molar-refractivity contribution < 1.29 is 19.4 Å². The van der Waals surface area contributed by atoms with Gasteiger partial charge in [0.05, 0.1) is 18.3 Å². The van der Waals surface area contributed by atoms with Gasteiger partial charge in [-0.15, -0.1) is 9.02 Å². The standard InChI is InChI=1S/C16H26N3O3S2/c1-3-5-6-7-11-22-15-14(17-24-18-15)13-9-8-10-19(21,12-13)16(20)23-4-2/h9,21H,3-8,10-12H2,1-2H3/q+1. The molecule has 0 saturated carbocycles. The SMILES string of the molecule is CCCCCCOc1nsnc1C1=CCC[N+](O)(C(=O)SCC)C1. The molecule has 1 aromatic heterocycles. The number of ether oxygens (including phenoxy) is 1. The van der Waals surface area contributed by atoms with Gasteiger partial charge in [0.1, 0.15) is 18.8 Å². The first kappa shape index (κ1) is 19.4. The minimum absolute atomic E-state index is 0.215. The fraction of sp³-hybridized carbons (Fsp3) is 0.688. The minimum atomic E-state index is -0.572. The summed E-state index contributed by atoms with van der Waals surface area (Å²) in [7, 11) is 0. The molecule has 1 aliphatic rings. The average Bonchev–Trinajstić information content (AvgIpc) is 3.03. The third kappa shape index (κ3) is 5.02. The Balaban J connectivity index is 2.00. The van der Waals surface area contributed by atoms with Crippen molar-refractivity contribution in [3.05, 3.63) is 11.8 Å². The van der Waals surface area contributed by atoms with Crippen LogP contribution in [-0.4, -0.2) is 49.3 Å². The van der Waals surface area contributed by atoms with Crippen LogP contribution in [0, 0.1) is 0 Å². The van der Waals surface area contributed by atoms with E-state index in [-0.39, 0.29) is 11.8 Å². The van der Waals surface area contributed by atoms with Crippen molar-refractivity contribution in [1.29, 1.82) is 0 Å². The quantitative estimate of drug-likeness (QED) is 0.415. The highest BCUT2D eigenvalue weighted by molar-refractivity contribution is 8.13. The lowest BCUT2D eigenvalue weighted by Crippen LogP contribution is -2.51. The first-order valence-electron chi connectivity index (χ1n) is 8.52. The molecule has 1 N–H and O–H groups in total. The monoisotopic (exact) mass is 372 g/mol. The Hall–Kier alpha value is -0.960. The van der Waals surface area contributed by atoms with Gasteiger partial charge < -0.3 is 4.74 Å². The highest BCUT2D eigenvalue weighted by Gasteiger charge is 2.40. The van der Waals surface area contributed by atoms with Crippen LogP contribution in [0.1, 0.15) is 51.6 Å². The van der Waals surface area contributed by atoms with Gasteiger partial charge in [-0.3, -0.25) is 0 Å². The van der Waals surface area contributed by atoms with Gasteiger partial charge in [-0.25, -0.2) is 10.0 Å². The number of hydrogen-bond donors (Lipinski definition) is 1. The molecule has 24 heavy (non-hydrogen) atoms. The van der Waals surface area contributed by atoms with E-state index in [4.69, 9.17) is 4.74 Å². The molecule has 2 rings (SSSR count). The zero-order valence-corrected chi connectivity index (χ0v) is 16.0. The molecule has 0 fully saturated rings. The first-order valence-corrected chi connectivity index (χ1v) is 10.2. The summed E-state index contributed by atoms with van der Waals surface area (Å²) in [5.74, 6) is 1.18. The van der Waals surface area contributed by atoms with Crippen molar-refractivity contribution in [2.75, 3.05) is 25.4 Å². The van der Waals surface area contributed by atoms with Crippen LogP contribution in [-0.2, 0) is 0 Å². The molecule has 0 radical (unpaired) electrons. The second kappa shape index (κ2) is 9.50. The van der Waals surface area contributed by atoms with Crippen LogP contribution in [0.15, 0.2) is 6.08 Å². The predicted molar refractivity (Wildman–Crippen MR) is 97.4 cm³/mol. The summed E-state index contributed by atoms with van der Waals surface area (Å²) in [4.78, 5) is 12.2. The maximum Gasteiger partial charge on any atom is 0.407 e. The van der Waals surface area contributed by atoms with Gasteiger partial charge in [-0.1, -0.05) is 39.2 Å². The summed E-state index contributed by atoms with van der Waals surface area (Å²) in [6, 6.07) is 0. The zero-order chi connectivity index (χ0) is 17.4. The summed E-state index contributed by atoms with van der Waals surface area (Å²) in [5.41, 5.74) is 1.51. The van der Waals surface area contributed by atoms with E-state index >= 15 is 0 Å². The molecule has 0 saturated heterocycles. The minimum Gasteiger partial charge on any atom is -0.475 e. The van der Waals surface area contributed by atoms with E-state index in [0.29, 0.717) is 36.9 Å². The number of rotatable bonds is 8. The lowest BCUT2D eigenvalue weighted by molar-refractivity contribution is -1.03. The van der Waals surface area contributed by atoms with Gasteiger partial charge in [0.15, 0.2) is 0 Å². The number of hydroxylamine groups is 3. The molecule has 2 heterocycles. The van der Waals surface area contributed by atoms with E-state index in [9.17, 15) is 10.0 Å². The van der Waals surface area contributed by atoms with E-state index in [1.807, 2.05) is 13.0 Å². The van der Waals surface area contributed by atoms with Crippen LogP contribution in [0.3, 0.4) is 0 Å². The number of carbonyl (C=O) groups is 1. The molecule has 1 amide bonds. The van der Waals surface area contributed by atoms with E-state index < -0.39 is 4.65 Å². The van der Waals surface area contributed by atoms with E-state index in [1.165, 1.54) is 12.8 Å². The lowest BCUT2D eigenvalue weighted by atomic mass is 10.1. The molecule has 1 unspecified atom stereocenters. The maximum absolute atomic E-state index is 12.2. The summed E-state index contributed by atoms with van der Waals surface area (Å²) >= 11 is 2.26. The Labute approximate surface area is 151 Å². The summed E-state index contributed by atoms with van der Waals surface area (Å²) in [6.45, 7) is 5.33. The van der Waals surface area contributed by atoms with Gasteiger partial charge in [-0.2, -0.15) is 4.37 Å². The molecule has 6 nitrogen and oxygen atoms in total. The first-order chi connectivity index (χ1) is 11.6. The Morgan fingerprint density at radius 3 is 2.96 bits per heavy atom. The Morgan fingerprint density at radius 2 is 2.21 bits per heavy atom. The van der Waals surface area contributed by atoms with Gasteiger partial charge in [-0.05, 0) is 18.2 Å². The largest absolute Gasteiger partial charge is 0.475 e. The van der Waals surface area contributed by atoms with Crippen LogP contribution in [0.4, 0.5) is 4.79 Å². The van der Waals surface area contributed by atoms with Crippen molar-refractivity contribution in [3.8, 4) is 5.88 Å². The molecule has 0 spiro atoms. The van der Waals surface area contributed by atoms with Crippen molar-refractivity contribution in [2.45, 2.75) is 46.0 Å². The molecular weight excluding hydrogens is 346 g/mol. The molecule has 0 aliphatic carbocycles. The maximum atomic E-state index is 12.2. The van der Waals surface area contributed by atoms with Crippen LogP contribution < -0.4 is 4.74 Å². The molecular formula is C16H26N3O3S2+. The van der Waals surface area contributed by atoms with Gasteiger partial charge in [0.25, 0.3) is 5.88 Å². The number of amides is 1. The smallest absolute Gasteiger partial charge is 0.407 e. The number of thioether (sulfide) groups is 1. The Morgan fingerprint density at radius 1 is 1.38 bits per heavy atom. The van der Waals surface area contributed by atoms with E-state index in [2.05, 4.69) is 15.7 Å².